The van der Waals surface area contributed by atoms with Gasteiger partial charge in [-0.05, 0) is 23.8 Å². The lowest BCUT2D eigenvalue weighted by Gasteiger charge is -1.97. The molecule has 1 aromatic carbocycles. The summed E-state index contributed by atoms with van der Waals surface area (Å²) in [5, 5.41) is 0. The highest BCUT2D eigenvalue weighted by Crippen LogP contribution is 2.18. The first-order chi connectivity index (χ1) is 7.40. The molecule has 0 saturated carbocycles. The molecule has 15 heavy (non-hydrogen) atoms. The lowest BCUT2D eigenvalue weighted by atomic mass is 10.1. The third-order valence-electron chi connectivity index (χ3n) is 2.10. The monoisotopic (exact) mass is 194 g/mol. The number of H-pyrrole nitrogens is 1. The molecule has 1 aromatic heterocycles. The molecule has 1 heterocycles. The minimum atomic E-state index is 0.651. The van der Waals surface area contributed by atoms with Crippen molar-refractivity contribution in [2.24, 2.45) is 0 Å². The molecule has 0 radical (unpaired) electrons. The zero-order valence-electron chi connectivity index (χ0n) is 8.14. The Kier molecular flexibility index (Phi) is 2.66. The lowest BCUT2D eigenvalue weighted by Crippen LogP contribution is -1.78. The summed E-state index contributed by atoms with van der Waals surface area (Å²) < 4.78 is 0. The van der Waals surface area contributed by atoms with Gasteiger partial charge >= 0.3 is 0 Å². The number of aromatic nitrogens is 1. The summed E-state index contributed by atoms with van der Waals surface area (Å²) in [5.74, 6) is 0. The van der Waals surface area contributed by atoms with Crippen LogP contribution < -0.4 is 0 Å². The van der Waals surface area contributed by atoms with Crippen LogP contribution in [-0.2, 0) is 0 Å². The summed E-state index contributed by atoms with van der Waals surface area (Å²) in [6.45, 7) is 7.14. The fourth-order valence-corrected chi connectivity index (χ4v) is 1.37. The zero-order valence-corrected chi connectivity index (χ0v) is 8.14. The SMILES string of the molecule is [C-]#[N+]/C(=C\c1ccc[nH]1)c1ccccc1. The normalized spacial score (nSPS) is 11.0. The fourth-order valence-electron chi connectivity index (χ4n) is 1.37. The van der Waals surface area contributed by atoms with Gasteiger partial charge in [-0.15, -0.1) is 0 Å². The minimum Gasteiger partial charge on any atom is -0.363 e. The molecule has 2 aromatic rings. The van der Waals surface area contributed by atoms with Crippen molar-refractivity contribution in [3.8, 4) is 0 Å². The van der Waals surface area contributed by atoms with Gasteiger partial charge in [0.15, 0.2) is 5.70 Å². The van der Waals surface area contributed by atoms with Crippen molar-refractivity contribution in [1.29, 1.82) is 0 Å². The van der Waals surface area contributed by atoms with Crippen LogP contribution in [0.4, 0.5) is 0 Å². The molecule has 0 aliphatic rings. The van der Waals surface area contributed by atoms with Gasteiger partial charge in [0, 0.05) is 11.9 Å². The Hall–Kier alpha value is -2.27. The van der Waals surface area contributed by atoms with Crippen molar-refractivity contribution in [3.63, 3.8) is 0 Å². The first kappa shape index (κ1) is 9.29. The predicted molar refractivity (Wildman–Crippen MR) is 61.7 cm³/mol. The van der Waals surface area contributed by atoms with Gasteiger partial charge in [0.25, 0.3) is 0 Å². The molecular formula is C13H10N2. The molecule has 0 bridgehead atoms. The van der Waals surface area contributed by atoms with Gasteiger partial charge in [-0.2, -0.15) is 0 Å². The molecule has 1 N–H and O–H groups in total. The predicted octanol–water partition coefficient (Wildman–Crippen LogP) is 3.43. The molecule has 2 rings (SSSR count). The van der Waals surface area contributed by atoms with Gasteiger partial charge in [0.1, 0.15) is 0 Å². The lowest BCUT2D eigenvalue weighted by molar-refractivity contribution is 1.38. The number of hydrogen-bond acceptors (Lipinski definition) is 0. The third kappa shape index (κ3) is 2.15. The van der Waals surface area contributed by atoms with Crippen molar-refractivity contribution < 1.29 is 0 Å². The molecule has 0 atom stereocenters. The van der Waals surface area contributed by atoms with E-state index in [1.807, 2.05) is 54.7 Å². The van der Waals surface area contributed by atoms with Crippen LogP contribution in [0.5, 0.6) is 0 Å². The van der Waals surface area contributed by atoms with Crippen LogP contribution in [0.1, 0.15) is 11.3 Å². The van der Waals surface area contributed by atoms with Crippen LogP contribution in [0.3, 0.4) is 0 Å². The highest BCUT2D eigenvalue weighted by Gasteiger charge is 1.99. The van der Waals surface area contributed by atoms with Crippen LogP contribution in [0, 0.1) is 6.57 Å². The van der Waals surface area contributed by atoms with Crippen molar-refractivity contribution in [2.75, 3.05) is 0 Å². The number of aromatic amines is 1. The molecule has 0 aliphatic carbocycles. The molecule has 0 saturated heterocycles. The van der Waals surface area contributed by atoms with Crippen LogP contribution >= 0.6 is 0 Å². The smallest absolute Gasteiger partial charge is 0.196 e. The van der Waals surface area contributed by atoms with E-state index in [-0.39, 0.29) is 0 Å². The number of nitrogens with one attached hydrogen (secondary N) is 1. The second-order valence-corrected chi connectivity index (χ2v) is 3.13. The molecular weight excluding hydrogens is 184 g/mol. The van der Waals surface area contributed by atoms with Gasteiger partial charge < -0.3 is 4.98 Å². The summed E-state index contributed by atoms with van der Waals surface area (Å²) in [6, 6.07) is 13.5. The molecule has 0 aliphatic heterocycles. The number of benzene rings is 1. The average molecular weight is 194 g/mol. The summed E-state index contributed by atoms with van der Waals surface area (Å²) in [7, 11) is 0. The van der Waals surface area contributed by atoms with Crippen LogP contribution in [0.25, 0.3) is 16.6 Å². The van der Waals surface area contributed by atoms with Crippen molar-refractivity contribution in [1.82, 2.24) is 4.98 Å². The number of rotatable bonds is 2. The van der Waals surface area contributed by atoms with E-state index in [2.05, 4.69) is 9.83 Å². The van der Waals surface area contributed by atoms with E-state index in [1.165, 1.54) is 0 Å². The quantitative estimate of drug-likeness (QED) is 0.707. The van der Waals surface area contributed by atoms with Crippen molar-refractivity contribution in [2.45, 2.75) is 0 Å². The Morgan fingerprint density at radius 2 is 1.93 bits per heavy atom. The second kappa shape index (κ2) is 4.30. The fraction of sp³-hybridized carbons (Fsp3) is 0. The summed E-state index contributed by atoms with van der Waals surface area (Å²) in [6.07, 6.45) is 3.70. The van der Waals surface area contributed by atoms with E-state index in [1.54, 1.807) is 0 Å². The maximum atomic E-state index is 7.14. The summed E-state index contributed by atoms with van der Waals surface area (Å²) in [5.41, 5.74) is 2.55. The first-order valence-electron chi connectivity index (χ1n) is 4.68. The maximum Gasteiger partial charge on any atom is 0.196 e. The minimum absolute atomic E-state index is 0.651. The van der Waals surface area contributed by atoms with Crippen molar-refractivity contribution in [3.05, 3.63) is 71.3 Å². The highest BCUT2D eigenvalue weighted by molar-refractivity contribution is 5.84. The molecule has 0 spiro atoms. The molecule has 0 amide bonds. The summed E-state index contributed by atoms with van der Waals surface area (Å²) in [4.78, 5) is 6.58. The molecule has 0 fully saturated rings. The first-order valence-corrected chi connectivity index (χ1v) is 4.68. The highest BCUT2D eigenvalue weighted by atomic mass is 14.7. The Balaban J connectivity index is 2.38. The Bertz CT molecular complexity index is 487. The third-order valence-corrected chi connectivity index (χ3v) is 2.10. The molecule has 72 valence electrons. The van der Waals surface area contributed by atoms with Crippen molar-refractivity contribution >= 4 is 11.8 Å². The summed E-state index contributed by atoms with van der Waals surface area (Å²) >= 11 is 0. The Morgan fingerprint density at radius 3 is 2.53 bits per heavy atom. The van der Waals surface area contributed by atoms with Crippen LogP contribution in [0.15, 0.2) is 48.7 Å². The number of nitrogens with zero attached hydrogens (tertiary/aromatic N) is 1. The molecule has 0 unspecified atom stereocenters. The van der Waals surface area contributed by atoms with E-state index in [0.717, 1.165) is 11.3 Å². The largest absolute Gasteiger partial charge is 0.363 e. The topological polar surface area (TPSA) is 20.1 Å². The van der Waals surface area contributed by atoms with Gasteiger partial charge in [-0.1, -0.05) is 30.3 Å². The van der Waals surface area contributed by atoms with E-state index in [9.17, 15) is 0 Å². The van der Waals surface area contributed by atoms with E-state index < -0.39 is 0 Å². The Morgan fingerprint density at radius 1 is 1.13 bits per heavy atom. The standard InChI is InChI=1S/C13H10N2/c1-14-13(10-12-8-5-9-15-12)11-6-3-2-4-7-11/h2-10,15H/b13-10-. The molecule has 2 heteroatoms. The Labute approximate surface area is 88.7 Å². The zero-order chi connectivity index (χ0) is 10.5. The van der Waals surface area contributed by atoms with Gasteiger partial charge in [-0.3, -0.25) is 0 Å². The average Bonchev–Trinajstić information content (AvgIpc) is 2.80. The van der Waals surface area contributed by atoms with E-state index >= 15 is 0 Å². The van der Waals surface area contributed by atoms with E-state index in [4.69, 9.17) is 6.57 Å². The second-order valence-electron chi connectivity index (χ2n) is 3.13. The van der Waals surface area contributed by atoms with E-state index in [0.29, 0.717) is 5.70 Å². The van der Waals surface area contributed by atoms with Gasteiger partial charge in [0.2, 0.25) is 0 Å². The molecule has 2 nitrogen and oxygen atoms in total. The maximum absolute atomic E-state index is 7.14. The van der Waals surface area contributed by atoms with Gasteiger partial charge in [0.05, 0.1) is 6.57 Å². The van der Waals surface area contributed by atoms with Crippen LogP contribution in [0.2, 0.25) is 0 Å². The van der Waals surface area contributed by atoms with Gasteiger partial charge in [-0.25, -0.2) is 4.85 Å². The number of hydrogen-bond donors (Lipinski definition) is 1. The van der Waals surface area contributed by atoms with Crippen LogP contribution in [-0.4, -0.2) is 4.98 Å².